The van der Waals surface area contributed by atoms with Crippen LogP contribution in [0.2, 0.25) is 0 Å². The molecule has 0 aliphatic rings. The van der Waals surface area contributed by atoms with Crippen LogP contribution in [0.15, 0.2) is 12.2 Å². The van der Waals surface area contributed by atoms with Gasteiger partial charge in [-0.25, -0.2) is 0 Å². The molecule has 506 valence electrons. The maximum Gasteiger partial charge on any atom is 0.305 e. The average Bonchev–Trinajstić information content (AvgIpc) is 3.51. The van der Waals surface area contributed by atoms with Crippen molar-refractivity contribution in [2.75, 3.05) is 13.2 Å². The van der Waals surface area contributed by atoms with E-state index in [4.69, 9.17) is 4.74 Å². The highest BCUT2D eigenvalue weighted by atomic mass is 16.5. The molecule has 0 saturated carbocycles. The summed E-state index contributed by atoms with van der Waals surface area (Å²) in [5.41, 5.74) is 0. The van der Waals surface area contributed by atoms with Crippen LogP contribution in [-0.4, -0.2) is 47.4 Å². The van der Waals surface area contributed by atoms with Gasteiger partial charge in [0.15, 0.2) is 0 Å². The molecule has 0 heterocycles. The lowest BCUT2D eigenvalue weighted by atomic mass is 10.0. The van der Waals surface area contributed by atoms with Gasteiger partial charge in [-0.3, -0.25) is 9.59 Å². The first kappa shape index (κ1) is 83.6. The van der Waals surface area contributed by atoms with Crippen molar-refractivity contribution in [1.29, 1.82) is 0 Å². The van der Waals surface area contributed by atoms with E-state index in [0.29, 0.717) is 25.9 Å². The molecule has 6 heteroatoms. The number of unbranched alkanes of at least 4 members (excludes halogenated alkanes) is 62. The molecule has 6 nitrogen and oxygen atoms in total. The number of aliphatic hydroxyl groups excluding tert-OH is 2. The van der Waals surface area contributed by atoms with Crippen molar-refractivity contribution >= 4 is 11.9 Å². The third-order valence-corrected chi connectivity index (χ3v) is 18.8. The van der Waals surface area contributed by atoms with Crippen LogP contribution in [0.1, 0.15) is 457 Å². The van der Waals surface area contributed by atoms with Gasteiger partial charge >= 0.3 is 5.97 Å². The van der Waals surface area contributed by atoms with Gasteiger partial charge in [-0.1, -0.05) is 405 Å². The predicted octanol–water partition coefficient (Wildman–Crippen LogP) is 25.9. The van der Waals surface area contributed by atoms with Gasteiger partial charge in [0.05, 0.1) is 25.4 Å². The summed E-state index contributed by atoms with van der Waals surface area (Å²) in [4.78, 5) is 24.6. The topological polar surface area (TPSA) is 95.9 Å². The molecule has 0 aliphatic carbocycles. The van der Waals surface area contributed by atoms with E-state index >= 15 is 0 Å². The van der Waals surface area contributed by atoms with Crippen LogP contribution in [-0.2, 0) is 14.3 Å². The van der Waals surface area contributed by atoms with Crippen molar-refractivity contribution < 1.29 is 24.5 Å². The average molecular weight is 1200 g/mol. The van der Waals surface area contributed by atoms with E-state index in [0.717, 1.165) is 44.9 Å². The molecule has 85 heavy (non-hydrogen) atoms. The Morgan fingerprint density at radius 3 is 0.835 bits per heavy atom. The maximum absolute atomic E-state index is 12.5. The SMILES string of the molecule is CCCCCCCC/C=C\CCCCCCCC(=O)OCCCCCCCCCCCCCCCCCCCCCCCCCCCCCCCCCCCCCC(=O)NC(CO)C(O)CCCCCCCCCCCCCCCCCCCC. The van der Waals surface area contributed by atoms with Gasteiger partial charge in [0.25, 0.3) is 0 Å². The number of carbonyl (C=O) groups excluding carboxylic acids is 2. The highest BCUT2D eigenvalue weighted by Crippen LogP contribution is 2.20. The van der Waals surface area contributed by atoms with Crippen LogP contribution >= 0.6 is 0 Å². The molecule has 0 fully saturated rings. The van der Waals surface area contributed by atoms with Crippen LogP contribution < -0.4 is 5.32 Å². The van der Waals surface area contributed by atoms with Crippen LogP contribution in [0.3, 0.4) is 0 Å². The van der Waals surface area contributed by atoms with E-state index in [9.17, 15) is 19.8 Å². The molecule has 1 amide bonds. The minimum absolute atomic E-state index is 0.0158. The molecule has 0 aromatic rings. The summed E-state index contributed by atoms with van der Waals surface area (Å²) in [6.07, 6.45) is 94.5. The second-order valence-corrected chi connectivity index (χ2v) is 27.4. The number of allylic oxidation sites excluding steroid dienone is 2. The number of hydrogen-bond acceptors (Lipinski definition) is 5. The Morgan fingerprint density at radius 1 is 0.318 bits per heavy atom. The van der Waals surface area contributed by atoms with Gasteiger partial charge in [0.2, 0.25) is 5.91 Å². The lowest BCUT2D eigenvalue weighted by molar-refractivity contribution is -0.143. The summed E-state index contributed by atoms with van der Waals surface area (Å²) in [7, 11) is 0. The zero-order valence-electron chi connectivity index (χ0n) is 58.1. The fourth-order valence-electron chi connectivity index (χ4n) is 12.8. The highest BCUT2D eigenvalue weighted by Gasteiger charge is 2.20. The van der Waals surface area contributed by atoms with Gasteiger partial charge in [-0.15, -0.1) is 0 Å². The van der Waals surface area contributed by atoms with E-state index in [1.165, 1.54) is 379 Å². The van der Waals surface area contributed by atoms with E-state index < -0.39 is 12.1 Å². The van der Waals surface area contributed by atoms with Crippen LogP contribution in [0.5, 0.6) is 0 Å². The molecular formula is C79H155NO5. The van der Waals surface area contributed by atoms with Gasteiger partial charge in [-0.05, 0) is 51.4 Å². The monoisotopic (exact) mass is 1200 g/mol. The van der Waals surface area contributed by atoms with Crippen LogP contribution in [0.25, 0.3) is 0 Å². The third-order valence-electron chi connectivity index (χ3n) is 18.8. The van der Waals surface area contributed by atoms with Crippen molar-refractivity contribution in [3.8, 4) is 0 Å². The van der Waals surface area contributed by atoms with Crippen molar-refractivity contribution in [1.82, 2.24) is 5.32 Å². The fourth-order valence-corrected chi connectivity index (χ4v) is 12.8. The second kappa shape index (κ2) is 75.1. The van der Waals surface area contributed by atoms with Gasteiger partial charge in [0.1, 0.15) is 0 Å². The van der Waals surface area contributed by atoms with Crippen molar-refractivity contribution in [2.24, 2.45) is 0 Å². The molecule has 0 bridgehead atoms. The predicted molar refractivity (Wildman–Crippen MR) is 375 cm³/mol. The summed E-state index contributed by atoms with van der Waals surface area (Å²) in [6, 6.07) is -0.537. The summed E-state index contributed by atoms with van der Waals surface area (Å²) < 4.78 is 5.50. The minimum Gasteiger partial charge on any atom is -0.466 e. The lowest BCUT2D eigenvalue weighted by Crippen LogP contribution is -2.45. The molecule has 0 radical (unpaired) electrons. The van der Waals surface area contributed by atoms with Crippen LogP contribution in [0.4, 0.5) is 0 Å². The number of carbonyl (C=O) groups is 2. The standard InChI is InChI=1S/C79H155NO5/c1-3-5-7-9-11-13-15-17-19-20-40-44-47-51-55-59-63-67-71-77(82)76(75-81)80-78(83)72-68-64-60-56-52-48-45-41-38-36-34-32-30-28-26-24-22-21-23-25-27-29-31-33-35-37-39-42-46-50-54-58-62-66-70-74-85-79(84)73-69-65-61-57-53-49-43-18-16-14-12-10-8-6-4-2/h18,43,76-77,81-82H,3-17,19-42,44-75H2,1-2H3,(H,80,83)/b43-18-. The molecule has 0 saturated heterocycles. The number of nitrogens with one attached hydrogen (secondary N) is 1. The molecule has 0 aromatic heterocycles. The van der Waals surface area contributed by atoms with Crippen molar-refractivity contribution in [3.05, 3.63) is 12.2 Å². The molecule has 0 spiro atoms. The Labute approximate surface area is 533 Å². The maximum atomic E-state index is 12.5. The number of amides is 1. The Hall–Kier alpha value is -1.40. The number of esters is 1. The normalized spacial score (nSPS) is 12.5. The summed E-state index contributed by atoms with van der Waals surface area (Å²) in [6.45, 7) is 5.00. The summed E-state index contributed by atoms with van der Waals surface area (Å²) >= 11 is 0. The van der Waals surface area contributed by atoms with Gasteiger partial charge in [-0.2, -0.15) is 0 Å². The first-order valence-corrected chi connectivity index (χ1v) is 39.4. The lowest BCUT2D eigenvalue weighted by Gasteiger charge is -2.22. The largest absolute Gasteiger partial charge is 0.466 e. The Balaban J connectivity index is 3.30. The summed E-state index contributed by atoms with van der Waals surface area (Å²) in [5.74, 6) is -0.00898. The Kier molecular flexibility index (Phi) is 73.8. The van der Waals surface area contributed by atoms with E-state index in [1.54, 1.807) is 0 Å². The molecule has 0 aromatic carbocycles. The highest BCUT2D eigenvalue weighted by molar-refractivity contribution is 5.76. The van der Waals surface area contributed by atoms with E-state index in [2.05, 4.69) is 31.3 Å². The number of hydrogen-bond donors (Lipinski definition) is 3. The third kappa shape index (κ3) is 71.6. The Morgan fingerprint density at radius 2 is 0.553 bits per heavy atom. The first-order chi connectivity index (χ1) is 42.0. The minimum atomic E-state index is -0.660. The van der Waals surface area contributed by atoms with Crippen molar-refractivity contribution in [2.45, 2.75) is 469 Å². The number of rotatable bonds is 75. The summed E-state index contributed by atoms with van der Waals surface area (Å²) in [5, 5.41) is 23.4. The number of ether oxygens (including phenoxy) is 1. The van der Waals surface area contributed by atoms with Gasteiger partial charge < -0.3 is 20.3 Å². The first-order valence-electron chi connectivity index (χ1n) is 39.4. The molecule has 0 rings (SSSR count). The van der Waals surface area contributed by atoms with Gasteiger partial charge in [0, 0.05) is 12.8 Å². The van der Waals surface area contributed by atoms with Crippen LogP contribution in [0, 0.1) is 0 Å². The van der Waals surface area contributed by atoms with E-state index in [-0.39, 0.29) is 18.5 Å². The molecule has 0 aliphatic heterocycles. The zero-order valence-corrected chi connectivity index (χ0v) is 58.1. The Bertz CT molecular complexity index is 1290. The smallest absolute Gasteiger partial charge is 0.305 e. The van der Waals surface area contributed by atoms with Crippen molar-refractivity contribution in [3.63, 3.8) is 0 Å². The molecule has 3 N–H and O–H groups in total. The molecule has 2 atom stereocenters. The zero-order chi connectivity index (χ0) is 61.3. The number of aliphatic hydroxyl groups is 2. The van der Waals surface area contributed by atoms with E-state index in [1.807, 2.05) is 0 Å². The second-order valence-electron chi connectivity index (χ2n) is 27.4. The fraction of sp³-hybridized carbons (Fsp3) is 0.949. The molecular weight excluding hydrogens is 1040 g/mol. The quantitative estimate of drug-likeness (QED) is 0.0320. The molecule has 2 unspecified atom stereocenters.